The first-order chi connectivity index (χ1) is 6.30. The number of halogens is 1. The fraction of sp³-hybridized carbons (Fsp3) is 0.333. The SMILES string of the molecule is Cc1nc(CC(N)=O)sc1S(=O)(=O)Cl. The van der Waals surface area contributed by atoms with Gasteiger partial charge in [-0.3, -0.25) is 4.79 Å². The predicted molar refractivity (Wildman–Crippen MR) is 52.8 cm³/mol. The molecule has 0 aromatic carbocycles. The molecule has 1 heterocycles. The van der Waals surface area contributed by atoms with E-state index in [1.54, 1.807) is 0 Å². The van der Waals surface area contributed by atoms with E-state index in [4.69, 9.17) is 16.4 Å². The third-order valence-electron chi connectivity index (χ3n) is 1.35. The van der Waals surface area contributed by atoms with Gasteiger partial charge in [-0.05, 0) is 6.92 Å². The molecule has 14 heavy (non-hydrogen) atoms. The van der Waals surface area contributed by atoms with Gasteiger partial charge in [-0.15, -0.1) is 11.3 Å². The molecule has 0 unspecified atom stereocenters. The van der Waals surface area contributed by atoms with E-state index < -0.39 is 15.0 Å². The second-order valence-corrected chi connectivity index (χ2v) is 6.41. The normalized spacial score (nSPS) is 11.6. The van der Waals surface area contributed by atoms with Crippen molar-refractivity contribution in [2.24, 2.45) is 5.73 Å². The number of hydrogen-bond acceptors (Lipinski definition) is 5. The van der Waals surface area contributed by atoms with Gasteiger partial charge in [0.15, 0.2) is 4.21 Å². The van der Waals surface area contributed by atoms with Crippen LogP contribution in [0.2, 0.25) is 0 Å². The second-order valence-electron chi connectivity index (χ2n) is 2.56. The fourth-order valence-corrected chi connectivity index (χ4v) is 3.40. The summed E-state index contributed by atoms with van der Waals surface area (Å²) in [4.78, 5) is 14.4. The van der Waals surface area contributed by atoms with E-state index in [1.165, 1.54) is 6.92 Å². The Hall–Kier alpha value is -0.660. The lowest BCUT2D eigenvalue weighted by molar-refractivity contribution is -0.117. The Morgan fingerprint density at radius 1 is 1.64 bits per heavy atom. The Labute approximate surface area is 89.3 Å². The monoisotopic (exact) mass is 254 g/mol. The van der Waals surface area contributed by atoms with Gasteiger partial charge in [0.2, 0.25) is 5.91 Å². The molecular weight excluding hydrogens is 248 g/mol. The zero-order chi connectivity index (χ0) is 10.9. The molecule has 1 aromatic heterocycles. The Bertz CT molecular complexity index is 465. The van der Waals surface area contributed by atoms with E-state index in [9.17, 15) is 13.2 Å². The zero-order valence-electron chi connectivity index (χ0n) is 7.15. The van der Waals surface area contributed by atoms with Gasteiger partial charge in [0.25, 0.3) is 9.05 Å². The number of rotatable bonds is 3. The molecule has 0 fully saturated rings. The highest BCUT2D eigenvalue weighted by atomic mass is 35.7. The minimum atomic E-state index is -3.77. The van der Waals surface area contributed by atoms with Crippen molar-refractivity contribution in [3.05, 3.63) is 10.7 Å². The Morgan fingerprint density at radius 2 is 2.21 bits per heavy atom. The van der Waals surface area contributed by atoms with Crippen LogP contribution in [0.1, 0.15) is 10.7 Å². The molecule has 1 amide bonds. The smallest absolute Gasteiger partial charge is 0.272 e. The minimum Gasteiger partial charge on any atom is -0.369 e. The quantitative estimate of drug-likeness (QED) is 0.791. The number of primary amides is 1. The molecule has 0 bridgehead atoms. The van der Waals surface area contributed by atoms with Crippen molar-refractivity contribution < 1.29 is 13.2 Å². The second kappa shape index (κ2) is 3.84. The lowest BCUT2D eigenvalue weighted by atomic mass is 10.4. The van der Waals surface area contributed by atoms with Crippen molar-refractivity contribution in [2.45, 2.75) is 17.6 Å². The van der Waals surface area contributed by atoms with E-state index in [0.29, 0.717) is 10.7 Å². The van der Waals surface area contributed by atoms with E-state index in [2.05, 4.69) is 4.98 Å². The summed E-state index contributed by atoms with van der Waals surface area (Å²) < 4.78 is 21.9. The minimum absolute atomic E-state index is 0.0320. The first kappa shape index (κ1) is 11.4. The molecule has 0 spiro atoms. The third kappa shape index (κ3) is 2.66. The highest BCUT2D eigenvalue weighted by molar-refractivity contribution is 8.15. The van der Waals surface area contributed by atoms with Crippen LogP contribution in [-0.2, 0) is 20.3 Å². The van der Waals surface area contributed by atoms with Gasteiger partial charge in [0.1, 0.15) is 5.01 Å². The van der Waals surface area contributed by atoms with Crippen LogP contribution in [0, 0.1) is 6.92 Å². The van der Waals surface area contributed by atoms with Crippen LogP contribution >= 0.6 is 22.0 Å². The molecule has 0 aliphatic rings. The molecule has 1 aromatic rings. The maximum atomic E-state index is 11.0. The maximum absolute atomic E-state index is 11.0. The number of hydrogen-bond donors (Lipinski definition) is 1. The van der Waals surface area contributed by atoms with Gasteiger partial charge in [0.05, 0.1) is 12.1 Å². The van der Waals surface area contributed by atoms with Crippen molar-refractivity contribution >= 4 is 37.0 Å². The van der Waals surface area contributed by atoms with Gasteiger partial charge < -0.3 is 5.73 Å². The number of aromatic nitrogens is 1. The molecule has 0 aliphatic carbocycles. The van der Waals surface area contributed by atoms with Crippen LogP contribution in [0.5, 0.6) is 0 Å². The van der Waals surface area contributed by atoms with Gasteiger partial charge in [-0.1, -0.05) is 0 Å². The molecule has 0 saturated carbocycles. The largest absolute Gasteiger partial charge is 0.369 e. The van der Waals surface area contributed by atoms with Crippen LogP contribution < -0.4 is 5.73 Å². The molecule has 1 rings (SSSR count). The lowest BCUT2D eigenvalue weighted by Crippen LogP contribution is -2.13. The van der Waals surface area contributed by atoms with Crippen LogP contribution in [0.4, 0.5) is 0 Å². The van der Waals surface area contributed by atoms with Crippen molar-refractivity contribution in [3.63, 3.8) is 0 Å². The van der Waals surface area contributed by atoms with Crippen molar-refractivity contribution in [2.75, 3.05) is 0 Å². The van der Waals surface area contributed by atoms with Crippen LogP contribution in [0.25, 0.3) is 0 Å². The average Bonchev–Trinajstić information content (AvgIpc) is 2.27. The van der Waals surface area contributed by atoms with E-state index in [1.807, 2.05) is 0 Å². The molecule has 0 aliphatic heterocycles. The topological polar surface area (TPSA) is 90.1 Å². The van der Waals surface area contributed by atoms with Gasteiger partial charge in [-0.2, -0.15) is 0 Å². The van der Waals surface area contributed by atoms with E-state index in [-0.39, 0.29) is 10.6 Å². The summed E-state index contributed by atoms with van der Waals surface area (Å²) in [5, 5.41) is 0.356. The zero-order valence-corrected chi connectivity index (χ0v) is 9.54. The Kier molecular flexibility index (Phi) is 3.13. The number of carbonyl (C=O) groups excluding carboxylic acids is 1. The first-order valence-electron chi connectivity index (χ1n) is 3.50. The predicted octanol–water partition coefficient (Wildman–Crippen LogP) is 0.407. The summed E-state index contributed by atoms with van der Waals surface area (Å²) in [6.07, 6.45) is -0.0715. The van der Waals surface area contributed by atoms with Crippen LogP contribution in [0.15, 0.2) is 4.21 Å². The fourth-order valence-electron chi connectivity index (χ4n) is 0.887. The standard InChI is InChI=1S/C6H7ClN2O3S2/c1-3-6(14(7,11)12)13-5(9-3)2-4(8)10/h2H2,1H3,(H2,8,10). The summed E-state index contributed by atoms with van der Waals surface area (Å²) in [7, 11) is 1.37. The number of nitrogens with two attached hydrogens (primary N) is 1. The molecule has 0 saturated heterocycles. The third-order valence-corrected chi connectivity index (χ3v) is 4.68. The summed E-state index contributed by atoms with van der Waals surface area (Å²) in [5.74, 6) is -0.558. The summed E-state index contributed by atoms with van der Waals surface area (Å²) in [5.41, 5.74) is 5.23. The summed E-state index contributed by atoms with van der Waals surface area (Å²) >= 11 is 0.863. The first-order valence-corrected chi connectivity index (χ1v) is 6.62. The molecule has 78 valence electrons. The Morgan fingerprint density at radius 3 is 2.57 bits per heavy atom. The maximum Gasteiger partial charge on any atom is 0.272 e. The van der Waals surface area contributed by atoms with Crippen LogP contribution in [-0.4, -0.2) is 19.3 Å². The average molecular weight is 255 g/mol. The summed E-state index contributed by atoms with van der Waals surface area (Å²) in [6.45, 7) is 1.51. The number of thiazole rings is 1. The van der Waals surface area contributed by atoms with Gasteiger partial charge in [-0.25, -0.2) is 13.4 Å². The Balaban J connectivity index is 3.12. The summed E-state index contributed by atoms with van der Waals surface area (Å²) in [6, 6.07) is 0. The molecule has 5 nitrogen and oxygen atoms in total. The molecule has 0 radical (unpaired) electrons. The van der Waals surface area contributed by atoms with E-state index in [0.717, 1.165) is 11.3 Å². The van der Waals surface area contributed by atoms with Crippen molar-refractivity contribution in [1.29, 1.82) is 0 Å². The van der Waals surface area contributed by atoms with Crippen molar-refractivity contribution in [3.8, 4) is 0 Å². The number of nitrogens with zero attached hydrogens (tertiary/aromatic N) is 1. The number of amides is 1. The van der Waals surface area contributed by atoms with Gasteiger partial charge >= 0.3 is 0 Å². The number of carbonyl (C=O) groups is 1. The molecular formula is C6H7ClN2O3S2. The molecule has 2 N–H and O–H groups in total. The van der Waals surface area contributed by atoms with Gasteiger partial charge in [0, 0.05) is 10.7 Å². The lowest BCUT2D eigenvalue weighted by Gasteiger charge is -1.88. The van der Waals surface area contributed by atoms with E-state index >= 15 is 0 Å². The molecule has 0 atom stereocenters. The van der Waals surface area contributed by atoms with Crippen LogP contribution in [0.3, 0.4) is 0 Å². The highest BCUT2D eigenvalue weighted by Crippen LogP contribution is 2.26. The molecule has 8 heteroatoms. The number of aryl methyl sites for hydroxylation is 1. The highest BCUT2D eigenvalue weighted by Gasteiger charge is 2.19. The van der Waals surface area contributed by atoms with Crippen molar-refractivity contribution in [1.82, 2.24) is 4.98 Å².